The summed E-state index contributed by atoms with van der Waals surface area (Å²) in [6.07, 6.45) is 3.51. The zero-order chi connectivity index (χ0) is 9.19. The van der Waals surface area contributed by atoms with Crippen LogP contribution in [0.25, 0.3) is 0 Å². The van der Waals surface area contributed by atoms with Crippen molar-refractivity contribution in [2.75, 3.05) is 14.2 Å². The predicted molar refractivity (Wildman–Crippen MR) is 48.9 cm³/mol. The summed E-state index contributed by atoms with van der Waals surface area (Å²) in [7, 11) is 3.49. The van der Waals surface area contributed by atoms with Gasteiger partial charge in [0.15, 0.2) is 5.79 Å². The summed E-state index contributed by atoms with van der Waals surface area (Å²) < 4.78 is 10.8. The molecule has 0 aromatic carbocycles. The molecule has 0 bridgehead atoms. The molecule has 1 aliphatic carbocycles. The van der Waals surface area contributed by atoms with Crippen molar-refractivity contribution < 1.29 is 9.47 Å². The Morgan fingerprint density at radius 1 is 1.33 bits per heavy atom. The summed E-state index contributed by atoms with van der Waals surface area (Å²) in [4.78, 5) is 0. The molecule has 2 heteroatoms. The molecule has 12 heavy (non-hydrogen) atoms. The predicted octanol–water partition coefficient (Wildman–Crippen LogP) is 2.43. The van der Waals surface area contributed by atoms with Crippen LogP contribution < -0.4 is 0 Å². The maximum absolute atomic E-state index is 5.41. The Morgan fingerprint density at radius 3 is 2.17 bits per heavy atom. The quantitative estimate of drug-likeness (QED) is 0.606. The molecule has 1 aliphatic rings. The first-order valence-electron chi connectivity index (χ1n) is 4.75. The van der Waals surface area contributed by atoms with E-state index in [0.29, 0.717) is 5.92 Å². The largest absolute Gasteiger partial charge is 0.353 e. The van der Waals surface area contributed by atoms with Gasteiger partial charge in [-0.15, -0.1) is 0 Å². The first-order valence-corrected chi connectivity index (χ1v) is 4.75. The van der Waals surface area contributed by atoms with E-state index in [1.165, 1.54) is 12.8 Å². The summed E-state index contributed by atoms with van der Waals surface area (Å²) in [5.41, 5.74) is 0. The lowest BCUT2D eigenvalue weighted by molar-refractivity contribution is -0.289. The van der Waals surface area contributed by atoms with E-state index in [2.05, 4.69) is 13.8 Å². The highest BCUT2D eigenvalue weighted by Crippen LogP contribution is 2.45. The molecule has 1 unspecified atom stereocenters. The molecular weight excluding hydrogens is 152 g/mol. The van der Waals surface area contributed by atoms with Crippen molar-refractivity contribution >= 4 is 0 Å². The van der Waals surface area contributed by atoms with E-state index < -0.39 is 0 Å². The van der Waals surface area contributed by atoms with E-state index in [-0.39, 0.29) is 5.79 Å². The Labute approximate surface area is 75.2 Å². The van der Waals surface area contributed by atoms with Crippen LogP contribution in [-0.2, 0) is 9.47 Å². The number of hydrogen-bond acceptors (Lipinski definition) is 2. The van der Waals surface area contributed by atoms with Gasteiger partial charge in [-0.1, -0.05) is 13.8 Å². The van der Waals surface area contributed by atoms with Crippen LogP contribution in [0.3, 0.4) is 0 Å². The van der Waals surface area contributed by atoms with Gasteiger partial charge in [-0.25, -0.2) is 0 Å². The number of ether oxygens (including phenoxy) is 2. The highest BCUT2D eigenvalue weighted by Gasteiger charge is 2.47. The minimum absolute atomic E-state index is 0.246. The molecule has 0 amide bonds. The summed E-state index contributed by atoms with van der Waals surface area (Å²) in [5, 5.41) is 0. The summed E-state index contributed by atoms with van der Waals surface area (Å²) >= 11 is 0. The second-order valence-electron chi connectivity index (χ2n) is 4.09. The van der Waals surface area contributed by atoms with Gasteiger partial charge in [0, 0.05) is 26.6 Å². The fourth-order valence-corrected chi connectivity index (χ4v) is 2.07. The Hall–Kier alpha value is -0.0800. The lowest BCUT2D eigenvalue weighted by Gasteiger charge is -2.47. The molecule has 0 aromatic heterocycles. The SMILES string of the molecule is COC1(OC)CCC1CC(C)C. The first-order chi connectivity index (χ1) is 5.64. The molecule has 0 heterocycles. The van der Waals surface area contributed by atoms with Gasteiger partial charge in [0.05, 0.1) is 0 Å². The molecule has 1 atom stereocenters. The molecule has 1 saturated carbocycles. The van der Waals surface area contributed by atoms with Crippen molar-refractivity contribution in [3.63, 3.8) is 0 Å². The second kappa shape index (κ2) is 3.75. The maximum Gasteiger partial charge on any atom is 0.170 e. The molecule has 1 rings (SSSR count). The Bertz CT molecular complexity index is 133. The zero-order valence-corrected chi connectivity index (χ0v) is 8.59. The molecular formula is C10H20O2. The van der Waals surface area contributed by atoms with E-state index >= 15 is 0 Å². The standard InChI is InChI=1S/C10H20O2/c1-8(2)7-9-5-6-10(9,11-3)12-4/h8-9H,5-7H2,1-4H3. The van der Waals surface area contributed by atoms with Crippen molar-refractivity contribution in [2.24, 2.45) is 11.8 Å². The van der Waals surface area contributed by atoms with Crippen LogP contribution in [0, 0.1) is 11.8 Å². The van der Waals surface area contributed by atoms with Crippen molar-refractivity contribution in [2.45, 2.75) is 38.9 Å². The average molecular weight is 172 g/mol. The fraction of sp³-hybridized carbons (Fsp3) is 1.00. The molecule has 72 valence electrons. The van der Waals surface area contributed by atoms with Crippen LogP contribution in [0.5, 0.6) is 0 Å². The van der Waals surface area contributed by atoms with Crippen LogP contribution in [-0.4, -0.2) is 20.0 Å². The molecule has 0 aliphatic heterocycles. The maximum atomic E-state index is 5.41. The van der Waals surface area contributed by atoms with E-state index in [0.717, 1.165) is 12.3 Å². The smallest absolute Gasteiger partial charge is 0.170 e. The van der Waals surface area contributed by atoms with Gasteiger partial charge < -0.3 is 9.47 Å². The van der Waals surface area contributed by atoms with Crippen molar-refractivity contribution in [3.8, 4) is 0 Å². The third-order valence-corrected chi connectivity index (χ3v) is 2.91. The minimum Gasteiger partial charge on any atom is -0.353 e. The van der Waals surface area contributed by atoms with Crippen LogP contribution in [0.1, 0.15) is 33.1 Å². The second-order valence-corrected chi connectivity index (χ2v) is 4.09. The highest BCUT2D eigenvalue weighted by atomic mass is 16.7. The summed E-state index contributed by atoms with van der Waals surface area (Å²) in [5.74, 6) is 1.09. The van der Waals surface area contributed by atoms with E-state index in [9.17, 15) is 0 Å². The van der Waals surface area contributed by atoms with Crippen LogP contribution in [0.15, 0.2) is 0 Å². The van der Waals surface area contributed by atoms with Crippen LogP contribution in [0.4, 0.5) is 0 Å². The summed E-state index contributed by atoms with van der Waals surface area (Å²) in [6.45, 7) is 4.49. The number of methoxy groups -OCH3 is 2. The Balaban J connectivity index is 2.45. The molecule has 2 nitrogen and oxygen atoms in total. The van der Waals surface area contributed by atoms with E-state index in [1.807, 2.05) is 0 Å². The first kappa shape index (κ1) is 10.0. The average Bonchev–Trinajstić information content (AvgIpc) is 2.01. The molecule has 0 aromatic rings. The number of rotatable bonds is 4. The normalized spacial score (nSPS) is 27.2. The molecule has 0 spiro atoms. The van der Waals surface area contributed by atoms with Gasteiger partial charge in [-0.05, 0) is 18.8 Å². The Kier molecular flexibility index (Phi) is 3.13. The van der Waals surface area contributed by atoms with Gasteiger partial charge >= 0.3 is 0 Å². The van der Waals surface area contributed by atoms with Gasteiger partial charge in [0.2, 0.25) is 0 Å². The molecule has 0 saturated heterocycles. The van der Waals surface area contributed by atoms with Gasteiger partial charge in [0.1, 0.15) is 0 Å². The summed E-state index contributed by atoms with van der Waals surface area (Å²) in [6, 6.07) is 0. The Morgan fingerprint density at radius 2 is 1.92 bits per heavy atom. The fourth-order valence-electron chi connectivity index (χ4n) is 2.07. The van der Waals surface area contributed by atoms with Gasteiger partial charge in [-0.3, -0.25) is 0 Å². The van der Waals surface area contributed by atoms with E-state index in [4.69, 9.17) is 9.47 Å². The third kappa shape index (κ3) is 1.64. The monoisotopic (exact) mass is 172 g/mol. The van der Waals surface area contributed by atoms with E-state index in [1.54, 1.807) is 14.2 Å². The van der Waals surface area contributed by atoms with Crippen LogP contribution in [0.2, 0.25) is 0 Å². The van der Waals surface area contributed by atoms with Crippen molar-refractivity contribution in [3.05, 3.63) is 0 Å². The third-order valence-electron chi connectivity index (χ3n) is 2.91. The van der Waals surface area contributed by atoms with Gasteiger partial charge in [-0.2, -0.15) is 0 Å². The number of hydrogen-bond donors (Lipinski definition) is 0. The topological polar surface area (TPSA) is 18.5 Å². The lowest BCUT2D eigenvalue weighted by Crippen LogP contribution is -2.50. The van der Waals surface area contributed by atoms with Gasteiger partial charge in [0.25, 0.3) is 0 Å². The van der Waals surface area contributed by atoms with Crippen molar-refractivity contribution in [1.29, 1.82) is 0 Å². The molecule has 0 radical (unpaired) electrons. The zero-order valence-electron chi connectivity index (χ0n) is 8.59. The molecule has 0 N–H and O–H groups in total. The minimum atomic E-state index is -0.246. The molecule has 1 fully saturated rings. The lowest BCUT2D eigenvalue weighted by atomic mass is 9.73. The highest BCUT2D eigenvalue weighted by molar-refractivity contribution is 4.90. The van der Waals surface area contributed by atoms with Crippen LogP contribution >= 0.6 is 0 Å². The van der Waals surface area contributed by atoms with Crippen molar-refractivity contribution in [1.82, 2.24) is 0 Å².